The predicted octanol–water partition coefficient (Wildman–Crippen LogP) is 3.47. The van der Waals surface area contributed by atoms with E-state index in [0.717, 1.165) is 31.2 Å². The molecule has 1 aromatic carbocycles. The molecular formula is C12H15IO2S. The van der Waals surface area contributed by atoms with Crippen molar-refractivity contribution in [3.8, 4) is 0 Å². The van der Waals surface area contributed by atoms with Gasteiger partial charge >= 0.3 is 0 Å². The van der Waals surface area contributed by atoms with Crippen LogP contribution in [0.5, 0.6) is 0 Å². The summed E-state index contributed by atoms with van der Waals surface area (Å²) in [5.74, 6) is 0. The molecule has 0 unspecified atom stereocenters. The third-order valence-corrected chi connectivity index (χ3v) is 8.25. The van der Waals surface area contributed by atoms with Crippen LogP contribution in [0.2, 0.25) is 0 Å². The number of benzene rings is 1. The fourth-order valence-electron chi connectivity index (χ4n) is 2.10. The summed E-state index contributed by atoms with van der Waals surface area (Å²) >= 11 is 2.13. The molecule has 2 rings (SSSR count). The summed E-state index contributed by atoms with van der Waals surface area (Å²) in [5, 5.41) is 0. The van der Waals surface area contributed by atoms with E-state index in [1.54, 1.807) is 12.1 Å². The highest BCUT2D eigenvalue weighted by molar-refractivity contribution is 14.1. The van der Waals surface area contributed by atoms with Crippen LogP contribution in [0.15, 0.2) is 29.2 Å². The van der Waals surface area contributed by atoms with E-state index in [1.165, 1.54) is 0 Å². The molecule has 0 spiro atoms. The van der Waals surface area contributed by atoms with Gasteiger partial charge in [-0.2, -0.15) is 0 Å². The third-order valence-electron chi connectivity index (χ3n) is 3.16. The van der Waals surface area contributed by atoms with Gasteiger partial charge < -0.3 is 0 Å². The van der Waals surface area contributed by atoms with Gasteiger partial charge in [0.15, 0.2) is 9.84 Å². The predicted molar refractivity (Wildman–Crippen MR) is 73.6 cm³/mol. The lowest BCUT2D eigenvalue weighted by atomic mass is 10.2. The summed E-state index contributed by atoms with van der Waals surface area (Å²) < 4.78 is 24.4. The third kappa shape index (κ3) is 2.01. The van der Waals surface area contributed by atoms with Crippen LogP contribution in [-0.2, 0) is 9.84 Å². The molecule has 0 bridgehead atoms. The SMILES string of the molecule is Cc1ccc(S(=O)(=O)C2(I)CCCC2)cc1. The van der Waals surface area contributed by atoms with Gasteiger partial charge in [0.25, 0.3) is 0 Å². The Morgan fingerprint density at radius 3 is 2.12 bits per heavy atom. The van der Waals surface area contributed by atoms with Crippen molar-refractivity contribution in [1.29, 1.82) is 0 Å². The molecule has 1 saturated carbocycles. The van der Waals surface area contributed by atoms with Crippen molar-refractivity contribution in [2.24, 2.45) is 0 Å². The highest BCUT2D eigenvalue weighted by atomic mass is 127. The van der Waals surface area contributed by atoms with Crippen LogP contribution in [0.1, 0.15) is 31.2 Å². The standard InChI is InChI=1S/C12H15IO2S/c1-10-4-6-11(7-5-10)16(14,15)12(13)8-2-3-9-12/h4-7H,2-3,8-9H2,1H3. The number of sulfone groups is 1. The first-order valence-corrected chi connectivity index (χ1v) is 8.02. The van der Waals surface area contributed by atoms with E-state index >= 15 is 0 Å². The van der Waals surface area contributed by atoms with Gasteiger partial charge in [0, 0.05) is 0 Å². The Labute approximate surface area is 111 Å². The fraction of sp³-hybridized carbons (Fsp3) is 0.500. The zero-order valence-electron chi connectivity index (χ0n) is 9.24. The highest BCUT2D eigenvalue weighted by Gasteiger charge is 2.44. The molecule has 4 heteroatoms. The molecule has 2 nitrogen and oxygen atoms in total. The molecule has 0 aromatic heterocycles. The average molecular weight is 350 g/mol. The number of rotatable bonds is 2. The normalized spacial score (nSPS) is 19.9. The lowest BCUT2D eigenvalue weighted by Crippen LogP contribution is -2.28. The minimum atomic E-state index is -3.17. The molecule has 0 heterocycles. The second-order valence-electron chi connectivity index (χ2n) is 4.41. The molecule has 1 aliphatic rings. The maximum Gasteiger partial charge on any atom is 0.193 e. The first-order valence-electron chi connectivity index (χ1n) is 5.46. The largest absolute Gasteiger partial charge is 0.222 e. The van der Waals surface area contributed by atoms with Gasteiger partial charge in [-0.05, 0) is 31.9 Å². The van der Waals surface area contributed by atoms with Gasteiger partial charge in [-0.3, -0.25) is 0 Å². The maximum absolute atomic E-state index is 12.5. The number of halogens is 1. The molecule has 0 aliphatic heterocycles. The Hall–Kier alpha value is -0.100. The van der Waals surface area contributed by atoms with Crippen molar-refractivity contribution >= 4 is 32.4 Å². The zero-order chi connectivity index (χ0) is 11.8. The van der Waals surface area contributed by atoms with Crippen LogP contribution in [0.25, 0.3) is 0 Å². The maximum atomic E-state index is 12.5. The van der Waals surface area contributed by atoms with E-state index in [4.69, 9.17) is 0 Å². The lowest BCUT2D eigenvalue weighted by Gasteiger charge is -2.21. The Morgan fingerprint density at radius 2 is 1.62 bits per heavy atom. The molecule has 88 valence electrons. The van der Waals surface area contributed by atoms with E-state index in [0.29, 0.717) is 4.90 Å². The van der Waals surface area contributed by atoms with E-state index in [1.807, 2.05) is 19.1 Å². The number of aryl methyl sites for hydroxylation is 1. The fourth-order valence-corrected chi connectivity index (χ4v) is 5.37. The van der Waals surface area contributed by atoms with Gasteiger partial charge in [-0.25, -0.2) is 8.42 Å². The summed E-state index contributed by atoms with van der Waals surface area (Å²) in [5.41, 5.74) is 1.09. The van der Waals surface area contributed by atoms with Crippen molar-refractivity contribution in [2.75, 3.05) is 0 Å². The molecule has 1 fully saturated rings. The Morgan fingerprint density at radius 1 is 1.12 bits per heavy atom. The Balaban J connectivity index is 2.42. The van der Waals surface area contributed by atoms with Crippen molar-refractivity contribution in [3.05, 3.63) is 29.8 Å². The monoisotopic (exact) mass is 350 g/mol. The number of alkyl halides is 1. The topological polar surface area (TPSA) is 34.1 Å². The summed E-state index contributed by atoms with van der Waals surface area (Å²) in [7, 11) is -3.17. The van der Waals surface area contributed by atoms with Crippen LogP contribution in [0, 0.1) is 6.92 Å². The smallest absolute Gasteiger partial charge is 0.193 e. The van der Waals surface area contributed by atoms with Gasteiger partial charge in [0.2, 0.25) is 0 Å². The molecule has 16 heavy (non-hydrogen) atoms. The minimum absolute atomic E-state index is 0.467. The van der Waals surface area contributed by atoms with Gasteiger partial charge in [0.1, 0.15) is 2.75 Å². The molecule has 0 atom stereocenters. The van der Waals surface area contributed by atoms with Gasteiger partial charge in [0.05, 0.1) is 4.90 Å². The van der Waals surface area contributed by atoms with Crippen LogP contribution >= 0.6 is 22.6 Å². The summed E-state index contributed by atoms with van der Waals surface area (Å²) in [6.07, 6.45) is 3.61. The lowest BCUT2D eigenvalue weighted by molar-refractivity contribution is 0.576. The first-order chi connectivity index (χ1) is 7.46. The minimum Gasteiger partial charge on any atom is -0.222 e. The van der Waals surface area contributed by atoms with E-state index in [2.05, 4.69) is 22.6 Å². The van der Waals surface area contributed by atoms with E-state index < -0.39 is 12.6 Å². The summed E-state index contributed by atoms with van der Waals surface area (Å²) in [4.78, 5) is 0.467. The van der Waals surface area contributed by atoms with Crippen molar-refractivity contribution in [1.82, 2.24) is 0 Å². The van der Waals surface area contributed by atoms with Gasteiger partial charge in [-0.15, -0.1) is 0 Å². The van der Waals surface area contributed by atoms with Crippen molar-refractivity contribution in [2.45, 2.75) is 40.3 Å². The highest BCUT2D eigenvalue weighted by Crippen LogP contribution is 2.45. The van der Waals surface area contributed by atoms with Crippen LogP contribution in [0.4, 0.5) is 0 Å². The zero-order valence-corrected chi connectivity index (χ0v) is 12.2. The Bertz CT molecular complexity index is 470. The number of hydrogen-bond acceptors (Lipinski definition) is 2. The van der Waals surface area contributed by atoms with Crippen LogP contribution in [-0.4, -0.2) is 11.2 Å². The molecular weight excluding hydrogens is 335 g/mol. The second kappa shape index (κ2) is 4.29. The molecule has 0 saturated heterocycles. The Kier molecular flexibility index (Phi) is 3.32. The molecule has 0 N–H and O–H groups in total. The average Bonchev–Trinajstić information content (AvgIpc) is 2.67. The summed E-state index contributed by atoms with van der Waals surface area (Å²) in [6.45, 7) is 1.96. The molecule has 0 radical (unpaired) electrons. The summed E-state index contributed by atoms with van der Waals surface area (Å²) in [6, 6.07) is 7.18. The second-order valence-corrected chi connectivity index (χ2v) is 9.46. The van der Waals surface area contributed by atoms with E-state index in [9.17, 15) is 8.42 Å². The van der Waals surface area contributed by atoms with Gasteiger partial charge in [-0.1, -0.05) is 53.1 Å². The van der Waals surface area contributed by atoms with Crippen molar-refractivity contribution in [3.63, 3.8) is 0 Å². The van der Waals surface area contributed by atoms with Crippen molar-refractivity contribution < 1.29 is 8.42 Å². The quantitative estimate of drug-likeness (QED) is 0.605. The van der Waals surface area contributed by atoms with E-state index in [-0.39, 0.29) is 0 Å². The molecule has 1 aliphatic carbocycles. The number of hydrogen-bond donors (Lipinski definition) is 0. The first kappa shape index (κ1) is 12.4. The molecule has 1 aromatic rings. The van der Waals surface area contributed by atoms with Crippen LogP contribution < -0.4 is 0 Å². The molecule has 0 amide bonds. The van der Waals surface area contributed by atoms with Crippen LogP contribution in [0.3, 0.4) is 0 Å².